The molecule has 2 aromatic heterocycles. The van der Waals surface area contributed by atoms with Gasteiger partial charge in [-0.05, 0) is 49.3 Å². The maximum absolute atomic E-state index is 13.1. The van der Waals surface area contributed by atoms with Gasteiger partial charge in [-0.1, -0.05) is 19.3 Å². The van der Waals surface area contributed by atoms with Gasteiger partial charge in [0, 0.05) is 17.0 Å². The average Bonchev–Trinajstić information content (AvgIpc) is 3.16. The zero-order valence-electron chi connectivity index (χ0n) is 13.5. The molecule has 2 N–H and O–H groups in total. The molecule has 0 atom stereocenters. The molecule has 0 aliphatic heterocycles. The van der Waals surface area contributed by atoms with E-state index in [2.05, 4.69) is 20.7 Å². The standard InChI is InChI=1S/C17H18FN5S2/c18-12-8-6-11(7-9-12)14-10-25-17-21-15(22-23(14)17)20-16(24)19-13-4-2-1-3-5-13/h6-10,13H,1-5H2,(H2,19,20,22,24). The van der Waals surface area contributed by atoms with Gasteiger partial charge in [-0.25, -0.2) is 8.91 Å². The summed E-state index contributed by atoms with van der Waals surface area (Å²) in [6.07, 6.45) is 6.12. The molecule has 1 saturated carbocycles. The monoisotopic (exact) mass is 375 g/mol. The molecule has 5 nitrogen and oxygen atoms in total. The van der Waals surface area contributed by atoms with Crippen LogP contribution in [0.2, 0.25) is 0 Å². The van der Waals surface area contributed by atoms with E-state index in [1.807, 2.05) is 5.38 Å². The lowest BCUT2D eigenvalue weighted by molar-refractivity contribution is 0.414. The van der Waals surface area contributed by atoms with Crippen LogP contribution in [-0.4, -0.2) is 25.8 Å². The number of thiazole rings is 1. The molecule has 4 rings (SSSR count). The molecule has 25 heavy (non-hydrogen) atoms. The number of thiocarbonyl (C=S) groups is 1. The van der Waals surface area contributed by atoms with Crippen LogP contribution < -0.4 is 10.6 Å². The van der Waals surface area contributed by atoms with Crippen molar-refractivity contribution in [2.45, 2.75) is 38.1 Å². The number of nitrogens with zero attached hydrogens (tertiary/aromatic N) is 3. The molecule has 8 heteroatoms. The highest BCUT2D eigenvalue weighted by atomic mass is 32.1. The van der Waals surface area contributed by atoms with E-state index < -0.39 is 0 Å². The summed E-state index contributed by atoms with van der Waals surface area (Å²) in [5.41, 5.74) is 1.78. The second-order valence-electron chi connectivity index (χ2n) is 6.19. The number of nitrogens with one attached hydrogen (secondary N) is 2. The van der Waals surface area contributed by atoms with Crippen LogP contribution in [0.15, 0.2) is 29.6 Å². The minimum atomic E-state index is -0.254. The minimum absolute atomic E-state index is 0.254. The first-order valence-corrected chi connectivity index (χ1v) is 9.65. The van der Waals surface area contributed by atoms with Gasteiger partial charge in [-0.3, -0.25) is 5.32 Å². The largest absolute Gasteiger partial charge is 0.360 e. The van der Waals surface area contributed by atoms with Gasteiger partial charge >= 0.3 is 0 Å². The number of hydrogen-bond acceptors (Lipinski definition) is 4. The Morgan fingerprint density at radius 3 is 2.72 bits per heavy atom. The van der Waals surface area contributed by atoms with E-state index in [0.717, 1.165) is 29.1 Å². The lowest BCUT2D eigenvalue weighted by atomic mass is 9.96. The van der Waals surface area contributed by atoms with Gasteiger partial charge in [-0.2, -0.15) is 4.98 Å². The highest BCUT2D eigenvalue weighted by Gasteiger charge is 2.16. The maximum Gasteiger partial charge on any atom is 0.250 e. The molecular weight excluding hydrogens is 357 g/mol. The van der Waals surface area contributed by atoms with Crippen molar-refractivity contribution in [3.8, 4) is 11.3 Å². The van der Waals surface area contributed by atoms with Crippen molar-refractivity contribution >= 4 is 39.6 Å². The molecule has 0 radical (unpaired) electrons. The highest BCUT2D eigenvalue weighted by molar-refractivity contribution is 7.80. The Morgan fingerprint density at radius 1 is 1.20 bits per heavy atom. The van der Waals surface area contributed by atoms with Gasteiger partial charge < -0.3 is 5.32 Å². The normalized spacial score (nSPS) is 15.4. The van der Waals surface area contributed by atoms with Gasteiger partial charge in [0.2, 0.25) is 10.9 Å². The lowest BCUT2D eigenvalue weighted by Crippen LogP contribution is -2.39. The zero-order chi connectivity index (χ0) is 17.2. The fourth-order valence-electron chi connectivity index (χ4n) is 3.12. The van der Waals surface area contributed by atoms with Crippen LogP contribution in [-0.2, 0) is 0 Å². The van der Waals surface area contributed by atoms with E-state index in [-0.39, 0.29) is 5.82 Å². The summed E-state index contributed by atoms with van der Waals surface area (Å²) < 4.78 is 14.9. The first-order valence-electron chi connectivity index (χ1n) is 8.37. The topological polar surface area (TPSA) is 54.2 Å². The molecule has 0 amide bonds. The number of fused-ring (bicyclic) bond motifs is 1. The molecule has 1 fully saturated rings. The number of aromatic nitrogens is 3. The molecule has 0 unspecified atom stereocenters. The molecule has 3 aromatic rings. The lowest BCUT2D eigenvalue weighted by Gasteiger charge is -2.23. The minimum Gasteiger partial charge on any atom is -0.360 e. The van der Waals surface area contributed by atoms with Crippen LogP contribution in [0, 0.1) is 5.82 Å². The smallest absolute Gasteiger partial charge is 0.250 e. The number of anilines is 1. The highest BCUT2D eigenvalue weighted by Crippen LogP contribution is 2.26. The Labute approximate surface area is 154 Å². The molecule has 1 aromatic carbocycles. The zero-order valence-corrected chi connectivity index (χ0v) is 15.2. The summed E-state index contributed by atoms with van der Waals surface area (Å²) in [6, 6.07) is 6.80. The SMILES string of the molecule is Fc1ccc(-c2csc3nc(NC(=S)NC4CCCCC4)nn23)cc1. The van der Waals surface area contributed by atoms with Crippen molar-refractivity contribution in [1.82, 2.24) is 19.9 Å². The van der Waals surface area contributed by atoms with E-state index in [1.165, 1.54) is 42.7 Å². The van der Waals surface area contributed by atoms with Crippen LogP contribution >= 0.6 is 23.6 Å². The summed E-state index contributed by atoms with van der Waals surface area (Å²) in [7, 11) is 0. The Bertz CT molecular complexity index is 880. The fourth-order valence-corrected chi connectivity index (χ4v) is 4.21. The molecule has 0 bridgehead atoms. The third-order valence-corrected chi connectivity index (χ3v) is 5.42. The van der Waals surface area contributed by atoms with Crippen molar-refractivity contribution in [2.24, 2.45) is 0 Å². The average molecular weight is 375 g/mol. The van der Waals surface area contributed by atoms with Crippen LogP contribution in [0.1, 0.15) is 32.1 Å². The van der Waals surface area contributed by atoms with E-state index in [9.17, 15) is 4.39 Å². The second kappa shape index (κ2) is 7.05. The first-order chi connectivity index (χ1) is 12.2. The van der Waals surface area contributed by atoms with Crippen molar-refractivity contribution in [2.75, 3.05) is 5.32 Å². The fraction of sp³-hybridized carbons (Fsp3) is 0.353. The van der Waals surface area contributed by atoms with E-state index in [0.29, 0.717) is 17.1 Å². The van der Waals surface area contributed by atoms with Crippen molar-refractivity contribution in [3.05, 3.63) is 35.5 Å². The van der Waals surface area contributed by atoms with Crippen LogP contribution in [0.25, 0.3) is 16.2 Å². The van der Waals surface area contributed by atoms with Crippen LogP contribution in [0.4, 0.5) is 10.3 Å². The second-order valence-corrected chi connectivity index (χ2v) is 7.44. The molecule has 0 spiro atoms. The summed E-state index contributed by atoms with van der Waals surface area (Å²) >= 11 is 6.87. The third-order valence-electron chi connectivity index (χ3n) is 4.39. The van der Waals surface area contributed by atoms with E-state index in [4.69, 9.17) is 12.2 Å². The molecule has 130 valence electrons. The van der Waals surface area contributed by atoms with E-state index in [1.54, 1.807) is 16.6 Å². The van der Waals surface area contributed by atoms with Gasteiger partial charge in [0.25, 0.3) is 0 Å². The van der Waals surface area contributed by atoms with E-state index >= 15 is 0 Å². The molecule has 1 aliphatic rings. The Kier molecular flexibility index (Phi) is 4.63. The number of rotatable bonds is 3. The maximum atomic E-state index is 13.1. The van der Waals surface area contributed by atoms with Gasteiger partial charge in [0.1, 0.15) is 5.82 Å². The Balaban J connectivity index is 1.49. The summed E-state index contributed by atoms with van der Waals surface area (Å²) in [4.78, 5) is 5.23. The van der Waals surface area contributed by atoms with Crippen LogP contribution in [0.5, 0.6) is 0 Å². The summed E-state index contributed by atoms with van der Waals surface area (Å²) in [5, 5.41) is 13.4. The predicted molar refractivity (Wildman–Crippen MR) is 102 cm³/mol. The molecule has 1 aliphatic carbocycles. The first kappa shape index (κ1) is 16.4. The van der Waals surface area contributed by atoms with Gasteiger partial charge in [0.05, 0.1) is 5.69 Å². The predicted octanol–water partition coefficient (Wildman–Crippen LogP) is 4.22. The number of hydrogen-bond donors (Lipinski definition) is 2. The third kappa shape index (κ3) is 3.64. The van der Waals surface area contributed by atoms with Crippen LogP contribution in [0.3, 0.4) is 0 Å². The molecule has 0 saturated heterocycles. The molecular formula is C17H18FN5S2. The number of benzene rings is 1. The number of halogens is 1. The Hall–Kier alpha value is -2.06. The van der Waals surface area contributed by atoms with Gasteiger partial charge in [0.15, 0.2) is 5.11 Å². The van der Waals surface area contributed by atoms with Crippen molar-refractivity contribution in [1.29, 1.82) is 0 Å². The van der Waals surface area contributed by atoms with Crippen molar-refractivity contribution in [3.63, 3.8) is 0 Å². The molecule has 2 heterocycles. The Morgan fingerprint density at radius 2 is 1.96 bits per heavy atom. The summed E-state index contributed by atoms with van der Waals surface area (Å²) in [6.45, 7) is 0. The van der Waals surface area contributed by atoms with Gasteiger partial charge in [-0.15, -0.1) is 16.4 Å². The summed E-state index contributed by atoms with van der Waals surface area (Å²) in [5.74, 6) is 0.221. The van der Waals surface area contributed by atoms with Crippen molar-refractivity contribution < 1.29 is 4.39 Å². The quantitative estimate of drug-likeness (QED) is 0.672.